The van der Waals surface area contributed by atoms with E-state index in [1.165, 1.54) is 22.5 Å². The third-order valence-corrected chi connectivity index (χ3v) is 7.55. The number of hydrogen-bond acceptors (Lipinski definition) is 5. The average Bonchev–Trinajstić information content (AvgIpc) is 3.36. The van der Waals surface area contributed by atoms with Crippen molar-refractivity contribution >= 4 is 17.3 Å². The van der Waals surface area contributed by atoms with Crippen molar-refractivity contribution in [2.75, 3.05) is 39.4 Å². The molecule has 1 N–H and O–H groups in total. The molecule has 0 saturated carbocycles. The van der Waals surface area contributed by atoms with Crippen molar-refractivity contribution < 1.29 is 4.74 Å². The van der Waals surface area contributed by atoms with E-state index in [4.69, 9.17) is 21.9 Å². The van der Waals surface area contributed by atoms with Crippen LogP contribution in [0.25, 0.3) is 0 Å². The SMILES string of the molecule is Cc1cc([C@@H]2[C@H](c3ccccn3)NC(=S)N2CCCN2CCOCC2)c(C)n1Cc1ccncc1. The van der Waals surface area contributed by atoms with Gasteiger partial charge in [-0.2, -0.15) is 0 Å². The van der Waals surface area contributed by atoms with Crippen LogP contribution in [0.3, 0.4) is 0 Å². The van der Waals surface area contributed by atoms with Gasteiger partial charge in [0.2, 0.25) is 0 Å². The Labute approximate surface area is 213 Å². The predicted molar refractivity (Wildman–Crippen MR) is 141 cm³/mol. The smallest absolute Gasteiger partial charge is 0.170 e. The van der Waals surface area contributed by atoms with Gasteiger partial charge in [-0.3, -0.25) is 14.9 Å². The highest BCUT2D eigenvalue weighted by Gasteiger charge is 2.41. The number of morpholine rings is 1. The van der Waals surface area contributed by atoms with E-state index in [2.05, 4.69) is 68.8 Å². The summed E-state index contributed by atoms with van der Waals surface area (Å²) in [7, 11) is 0. The molecule has 0 spiro atoms. The van der Waals surface area contributed by atoms with Gasteiger partial charge in [-0.15, -0.1) is 0 Å². The van der Waals surface area contributed by atoms with E-state index in [1.54, 1.807) is 0 Å². The number of pyridine rings is 2. The van der Waals surface area contributed by atoms with Gasteiger partial charge < -0.3 is 19.5 Å². The first-order valence-electron chi connectivity index (χ1n) is 12.5. The second-order valence-electron chi connectivity index (χ2n) is 9.40. The molecule has 5 rings (SSSR count). The van der Waals surface area contributed by atoms with E-state index in [0.29, 0.717) is 0 Å². The highest BCUT2D eigenvalue weighted by atomic mass is 32.1. The Kier molecular flexibility index (Phi) is 7.41. The maximum atomic E-state index is 5.89. The van der Waals surface area contributed by atoms with Crippen LogP contribution in [0.1, 0.15) is 46.7 Å². The largest absolute Gasteiger partial charge is 0.379 e. The summed E-state index contributed by atoms with van der Waals surface area (Å²) < 4.78 is 7.90. The Balaban J connectivity index is 1.43. The predicted octanol–water partition coefficient (Wildman–Crippen LogP) is 3.64. The van der Waals surface area contributed by atoms with Crippen LogP contribution in [0.2, 0.25) is 0 Å². The number of rotatable bonds is 8. The third kappa shape index (κ3) is 5.24. The van der Waals surface area contributed by atoms with Gasteiger partial charge in [0.15, 0.2) is 5.11 Å². The molecule has 0 unspecified atom stereocenters. The lowest BCUT2D eigenvalue weighted by Gasteiger charge is -2.30. The van der Waals surface area contributed by atoms with Crippen LogP contribution < -0.4 is 5.32 Å². The van der Waals surface area contributed by atoms with Crippen LogP contribution in [0, 0.1) is 13.8 Å². The van der Waals surface area contributed by atoms with Gasteiger partial charge in [-0.1, -0.05) is 6.07 Å². The van der Waals surface area contributed by atoms with E-state index >= 15 is 0 Å². The Hall–Kier alpha value is -2.81. The number of hydrogen-bond donors (Lipinski definition) is 1. The molecule has 0 amide bonds. The Morgan fingerprint density at radius 1 is 1.06 bits per heavy atom. The van der Waals surface area contributed by atoms with Crippen molar-refractivity contribution in [1.82, 2.24) is 29.7 Å². The summed E-state index contributed by atoms with van der Waals surface area (Å²) in [4.78, 5) is 13.7. The van der Waals surface area contributed by atoms with Crippen molar-refractivity contribution in [3.63, 3.8) is 0 Å². The fraction of sp³-hybridized carbons (Fsp3) is 0.444. The lowest BCUT2D eigenvalue weighted by molar-refractivity contribution is 0.0365. The van der Waals surface area contributed by atoms with E-state index in [9.17, 15) is 0 Å². The number of nitrogens with zero attached hydrogens (tertiary/aromatic N) is 5. The van der Waals surface area contributed by atoms with Crippen LogP contribution in [-0.2, 0) is 11.3 Å². The molecule has 2 saturated heterocycles. The molecule has 0 bridgehead atoms. The van der Waals surface area contributed by atoms with E-state index in [-0.39, 0.29) is 12.1 Å². The molecule has 35 heavy (non-hydrogen) atoms. The van der Waals surface area contributed by atoms with Gasteiger partial charge in [-0.05, 0) is 73.9 Å². The van der Waals surface area contributed by atoms with Crippen molar-refractivity contribution in [3.8, 4) is 0 Å². The Morgan fingerprint density at radius 2 is 1.86 bits per heavy atom. The molecule has 3 aromatic heterocycles. The van der Waals surface area contributed by atoms with Crippen molar-refractivity contribution in [2.45, 2.75) is 38.9 Å². The minimum atomic E-state index is 0.0157. The third-order valence-electron chi connectivity index (χ3n) is 7.20. The summed E-state index contributed by atoms with van der Waals surface area (Å²) >= 11 is 5.89. The zero-order valence-corrected chi connectivity index (χ0v) is 21.4. The summed E-state index contributed by atoms with van der Waals surface area (Å²) in [5.74, 6) is 0. The summed E-state index contributed by atoms with van der Waals surface area (Å²) in [6.07, 6.45) is 6.64. The maximum Gasteiger partial charge on any atom is 0.170 e. The molecule has 3 aromatic rings. The van der Waals surface area contributed by atoms with Gasteiger partial charge in [-0.25, -0.2) is 0 Å². The summed E-state index contributed by atoms with van der Waals surface area (Å²) in [5, 5.41) is 4.42. The standard InChI is InChI=1S/C27H34N6OS/c1-20-18-23(21(2)33(20)19-22-7-10-28-11-8-22)26-25(24-6-3-4-9-29-24)30-27(35)32(26)13-5-12-31-14-16-34-17-15-31/h3-4,6-11,18,25-26H,5,12-17,19H2,1-2H3,(H,30,35)/t25-,26+/m0/s1. The van der Waals surface area contributed by atoms with Crippen LogP contribution >= 0.6 is 12.2 Å². The molecule has 5 heterocycles. The zero-order valence-electron chi connectivity index (χ0n) is 20.6. The van der Waals surface area contributed by atoms with Gasteiger partial charge in [0.25, 0.3) is 0 Å². The van der Waals surface area contributed by atoms with E-state index < -0.39 is 0 Å². The topological polar surface area (TPSA) is 58.5 Å². The molecule has 0 aromatic carbocycles. The van der Waals surface area contributed by atoms with Crippen molar-refractivity contribution in [1.29, 1.82) is 0 Å². The first-order valence-corrected chi connectivity index (χ1v) is 12.9. The molecule has 2 atom stereocenters. The molecule has 2 fully saturated rings. The summed E-state index contributed by atoms with van der Waals surface area (Å²) in [5.41, 5.74) is 6.10. The molecular formula is C27H34N6OS. The first-order chi connectivity index (χ1) is 17.1. The fourth-order valence-corrected chi connectivity index (χ4v) is 5.65. The van der Waals surface area contributed by atoms with Crippen molar-refractivity contribution in [3.05, 3.63) is 83.2 Å². The van der Waals surface area contributed by atoms with Gasteiger partial charge in [0, 0.05) is 62.7 Å². The molecular weight excluding hydrogens is 456 g/mol. The van der Waals surface area contributed by atoms with Crippen LogP contribution in [0.4, 0.5) is 0 Å². The minimum absolute atomic E-state index is 0.0157. The quantitative estimate of drug-likeness (QED) is 0.484. The van der Waals surface area contributed by atoms with E-state index in [1.807, 2.05) is 24.7 Å². The van der Waals surface area contributed by atoms with Gasteiger partial charge in [0.1, 0.15) is 0 Å². The number of aromatic nitrogens is 3. The highest BCUT2D eigenvalue weighted by Crippen LogP contribution is 2.41. The van der Waals surface area contributed by atoms with E-state index in [0.717, 1.165) is 63.2 Å². The lowest BCUT2D eigenvalue weighted by Crippen LogP contribution is -2.39. The molecule has 0 radical (unpaired) electrons. The fourth-order valence-electron chi connectivity index (χ4n) is 5.32. The maximum absolute atomic E-state index is 5.89. The lowest BCUT2D eigenvalue weighted by atomic mass is 9.96. The Morgan fingerprint density at radius 3 is 2.60 bits per heavy atom. The molecule has 2 aliphatic rings. The average molecular weight is 491 g/mol. The summed E-state index contributed by atoms with van der Waals surface area (Å²) in [6.45, 7) is 10.9. The van der Waals surface area contributed by atoms with Crippen LogP contribution in [0.15, 0.2) is 55.0 Å². The highest BCUT2D eigenvalue weighted by molar-refractivity contribution is 7.80. The minimum Gasteiger partial charge on any atom is -0.379 e. The second kappa shape index (κ2) is 10.8. The number of aryl methyl sites for hydroxylation is 1. The summed E-state index contributed by atoms with van der Waals surface area (Å²) in [6, 6.07) is 12.7. The zero-order chi connectivity index (χ0) is 24.2. The molecule has 0 aliphatic carbocycles. The Bertz CT molecular complexity index is 1130. The van der Waals surface area contributed by atoms with Crippen molar-refractivity contribution in [2.24, 2.45) is 0 Å². The molecule has 184 valence electrons. The van der Waals surface area contributed by atoms with Gasteiger partial charge >= 0.3 is 0 Å². The number of thiocarbonyl (C=S) groups is 1. The normalized spacial score (nSPS) is 20.9. The monoisotopic (exact) mass is 490 g/mol. The molecule has 8 heteroatoms. The van der Waals surface area contributed by atoms with Crippen LogP contribution in [-0.4, -0.2) is 68.8 Å². The molecule has 2 aliphatic heterocycles. The number of ether oxygens (including phenoxy) is 1. The first kappa shape index (κ1) is 23.9. The number of nitrogens with one attached hydrogen (secondary N) is 1. The van der Waals surface area contributed by atoms with Gasteiger partial charge in [0.05, 0.1) is 31.0 Å². The second-order valence-corrected chi connectivity index (χ2v) is 9.78. The molecule has 7 nitrogen and oxygen atoms in total. The van der Waals surface area contributed by atoms with Crippen LogP contribution in [0.5, 0.6) is 0 Å².